The first-order chi connectivity index (χ1) is 6.00. The van der Waals surface area contributed by atoms with Crippen molar-refractivity contribution < 1.29 is 0 Å². The predicted octanol–water partition coefficient (Wildman–Crippen LogP) is 4.04. The number of rotatable bonds is 7. The summed E-state index contributed by atoms with van der Waals surface area (Å²) in [6, 6.07) is 0. The molecule has 3 heteroatoms. The van der Waals surface area contributed by atoms with Gasteiger partial charge < -0.3 is 0 Å². The van der Waals surface area contributed by atoms with Gasteiger partial charge >= 0.3 is 0 Å². The lowest BCUT2D eigenvalue weighted by Gasteiger charge is -2.27. The number of hydrogen-bond donors (Lipinski definition) is 0. The van der Waals surface area contributed by atoms with E-state index in [9.17, 15) is 0 Å². The third-order valence-corrected chi connectivity index (χ3v) is 3.29. The molecule has 0 saturated carbocycles. The van der Waals surface area contributed by atoms with E-state index in [-0.39, 0.29) is 0 Å². The smallest absolute Gasteiger partial charge is 0.170 e. The maximum Gasteiger partial charge on any atom is 0.170 e. The van der Waals surface area contributed by atoms with E-state index in [0.29, 0.717) is 0 Å². The fourth-order valence-electron chi connectivity index (χ4n) is 1.16. The highest BCUT2D eigenvalue weighted by atomic mass is 35.5. The van der Waals surface area contributed by atoms with Crippen LogP contribution >= 0.6 is 23.2 Å². The monoisotopic (exact) mass is 225 g/mol. The van der Waals surface area contributed by atoms with Gasteiger partial charge in [0.15, 0.2) is 4.46 Å². The van der Waals surface area contributed by atoms with Gasteiger partial charge in [-0.1, -0.05) is 55.8 Å². The molecule has 0 rings (SSSR count). The molecule has 80 valence electrons. The fraction of sp³-hybridized carbons (Fsp3) is 1.00. The summed E-state index contributed by atoms with van der Waals surface area (Å²) in [5.41, 5.74) is 0. The maximum absolute atomic E-state index is 6.08. The molecule has 0 radical (unpaired) electrons. The number of unbranched alkanes of at least 4 members (excludes halogenated alkanes) is 4. The van der Waals surface area contributed by atoms with Gasteiger partial charge in [-0.2, -0.15) is 0 Å². The predicted molar refractivity (Wildman–Crippen MR) is 61.5 cm³/mol. The molecule has 1 nitrogen and oxygen atoms in total. The van der Waals surface area contributed by atoms with E-state index in [4.69, 9.17) is 23.2 Å². The molecule has 0 bridgehead atoms. The molecule has 0 unspecified atom stereocenters. The van der Waals surface area contributed by atoms with E-state index in [1.807, 2.05) is 19.0 Å². The van der Waals surface area contributed by atoms with Crippen LogP contribution in [0.25, 0.3) is 0 Å². The molecule has 0 aliphatic rings. The number of halogens is 2. The van der Waals surface area contributed by atoms with Crippen molar-refractivity contribution in [2.24, 2.45) is 0 Å². The minimum atomic E-state index is -0.674. The van der Waals surface area contributed by atoms with Crippen LogP contribution < -0.4 is 0 Å². The molecule has 0 spiro atoms. The normalized spacial score (nSPS) is 12.5. The molecule has 0 N–H and O–H groups in total. The summed E-state index contributed by atoms with van der Waals surface area (Å²) in [7, 11) is 3.82. The molecule has 0 aromatic carbocycles. The molecule has 0 aliphatic heterocycles. The van der Waals surface area contributed by atoms with Crippen molar-refractivity contribution in [1.82, 2.24) is 4.90 Å². The van der Waals surface area contributed by atoms with Crippen LogP contribution in [0.3, 0.4) is 0 Å². The number of alkyl halides is 2. The minimum Gasteiger partial charge on any atom is -0.279 e. The largest absolute Gasteiger partial charge is 0.279 e. The van der Waals surface area contributed by atoms with E-state index in [1.54, 1.807) is 0 Å². The Hall–Kier alpha value is 0.540. The van der Waals surface area contributed by atoms with Crippen molar-refractivity contribution in [3.05, 3.63) is 0 Å². The van der Waals surface area contributed by atoms with E-state index in [2.05, 4.69) is 6.92 Å². The van der Waals surface area contributed by atoms with Crippen molar-refractivity contribution in [2.45, 2.75) is 49.9 Å². The van der Waals surface area contributed by atoms with Crippen molar-refractivity contribution in [2.75, 3.05) is 14.1 Å². The first kappa shape index (κ1) is 13.5. The highest BCUT2D eigenvalue weighted by molar-refractivity contribution is 6.47. The summed E-state index contributed by atoms with van der Waals surface area (Å²) in [6.07, 6.45) is 7.11. The van der Waals surface area contributed by atoms with Crippen LogP contribution in [0.1, 0.15) is 45.4 Å². The first-order valence-electron chi connectivity index (χ1n) is 5.06. The van der Waals surface area contributed by atoms with Gasteiger partial charge in [0.1, 0.15) is 0 Å². The maximum atomic E-state index is 6.08. The highest BCUT2D eigenvalue weighted by Crippen LogP contribution is 2.29. The lowest BCUT2D eigenvalue weighted by Crippen LogP contribution is -2.32. The molecule has 0 atom stereocenters. The Kier molecular flexibility index (Phi) is 7.20. The highest BCUT2D eigenvalue weighted by Gasteiger charge is 2.25. The van der Waals surface area contributed by atoms with E-state index >= 15 is 0 Å². The molecule has 0 heterocycles. The van der Waals surface area contributed by atoms with Crippen molar-refractivity contribution in [3.8, 4) is 0 Å². The van der Waals surface area contributed by atoms with E-state index in [0.717, 1.165) is 12.8 Å². The van der Waals surface area contributed by atoms with Crippen molar-refractivity contribution >= 4 is 23.2 Å². The number of hydrogen-bond acceptors (Lipinski definition) is 1. The molecule has 13 heavy (non-hydrogen) atoms. The fourth-order valence-corrected chi connectivity index (χ4v) is 1.43. The Morgan fingerprint density at radius 1 is 1.00 bits per heavy atom. The Bertz CT molecular complexity index is 124. The van der Waals surface area contributed by atoms with Gasteiger partial charge in [-0.05, 0) is 26.9 Å². The summed E-state index contributed by atoms with van der Waals surface area (Å²) < 4.78 is -0.674. The van der Waals surface area contributed by atoms with Gasteiger partial charge in [0.05, 0.1) is 0 Å². The summed E-state index contributed by atoms with van der Waals surface area (Å²) in [5.74, 6) is 0. The van der Waals surface area contributed by atoms with Crippen molar-refractivity contribution in [3.63, 3.8) is 0 Å². The number of nitrogens with zero attached hydrogens (tertiary/aromatic N) is 1. The minimum absolute atomic E-state index is 0.674. The van der Waals surface area contributed by atoms with Crippen LogP contribution in [0.15, 0.2) is 0 Å². The molecular formula is C10H21Cl2N. The molecular weight excluding hydrogens is 205 g/mol. The Morgan fingerprint density at radius 3 is 2.00 bits per heavy atom. The topological polar surface area (TPSA) is 3.24 Å². The third kappa shape index (κ3) is 6.59. The van der Waals surface area contributed by atoms with Crippen LogP contribution in [0, 0.1) is 0 Å². The van der Waals surface area contributed by atoms with Gasteiger partial charge in [0.2, 0.25) is 0 Å². The van der Waals surface area contributed by atoms with Gasteiger partial charge in [-0.25, -0.2) is 0 Å². The van der Waals surface area contributed by atoms with Gasteiger partial charge in [0, 0.05) is 0 Å². The van der Waals surface area contributed by atoms with Gasteiger partial charge in [0.25, 0.3) is 0 Å². The Balaban J connectivity index is 3.41. The molecule has 0 saturated heterocycles. The zero-order valence-electron chi connectivity index (χ0n) is 8.95. The van der Waals surface area contributed by atoms with Crippen LogP contribution in [-0.2, 0) is 0 Å². The van der Waals surface area contributed by atoms with Gasteiger partial charge in [-0.15, -0.1) is 0 Å². The third-order valence-electron chi connectivity index (χ3n) is 2.24. The van der Waals surface area contributed by atoms with Gasteiger partial charge in [-0.3, -0.25) is 4.90 Å². The van der Waals surface area contributed by atoms with Crippen molar-refractivity contribution in [1.29, 1.82) is 0 Å². The van der Waals surface area contributed by atoms with Crippen LogP contribution in [0.5, 0.6) is 0 Å². The van der Waals surface area contributed by atoms with E-state index in [1.165, 1.54) is 25.7 Å². The van der Waals surface area contributed by atoms with Crippen LogP contribution in [0.2, 0.25) is 0 Å². The summed E-state index contributed by atoms with van der Waals surface area (Å²) in [6.45, 7) is 2.22. The standard InChI is InChI=1S/C10H21Cl2N/c1-4-5-6-7-8-9-10(11,12)13(2)3/h4-9H2,1-3H3. The lowest BCUT2D eigenvalue weighted by atomic mass is 10.1. The molecule has 0 aromatic heterocycles. The van der Waals surface area contributed by atoms with Crippen LogP contribution in [0.4, 0.5) is 0 Å². The average molecular weight is 226 g/mol. The zero-order valence-corrected chi connectivity index (χ0v) is 10.5. The molecule has 0 amide bonds. The SMILES string of the molecule is CCCCCCCC(Cl)(Cl)N(C)C. The molecule has 0 fully saturated rings. The summed E-state index contributed by atoms with van der Waals surface area (Å²) >= 11 is 12.2. The first-order valence-corrected chi connectivity index (χ1v) is 5.81. The lowest BCUT2D eigenvalue weighted by molar-refractivity contribution is 0.313. The second-order valence-corrected chi connectivity index (χ2v) is 5.17. The Morgan fingerprint density at radius 2 is 1.54 bits per heavy atom. The summed E-state index contributed by atoms with van der Waals surface area (Å²) in [4.78, 5) is 1.86. The zero-order chi connectivity index (χ0) is 10.3. The van der Waals surface area contributed by atoms with E-state index < -0.39 is 4.46 Å². The molecule has 0 aromatic rings. The quantitative estimate of drug-likeness (QED) is 0.359. The molecule has 0 aliphatic carbocycles. The van der Waals surface area contributed by atoms with Crippen LogP contribution in [-0.4, -0.2) is 23.5 Å². The Labute approximate surface area is 92.4 Å². The average Bonchev–Trinajstić information content (AvgIpc) is 2.03. The second kappa shape index (κ2) is 6.92. The second-order valence-electron chi connectivity index (χ2n) is 3.72. The summed E-state index contributed by atoms with van der Waals surface area (Å²) in [5, 5.41) is 0.